The van der Waals surface area contributed by atoms with Gasteiger partial charge in [-0.05, 0) is 18.2 Å². The maximum absolute atomic E-state index is 13.7. The Morgan fingerprint density at radius 1 is 0.962 bits per heavy atom. The standard InChI is InChI=1S/C19H15FN6/c20-15-8-2-1-5-14(15)11-22-19-25-17(12-23-26-19)24-16-9-3-6-13-7-4-10-21-18(13)16/h1-10,12H,11H2,(H2,22,24,25,26). The number of halogens is 1. The van der Waals surface area contributed by atoms with E-state index in [1.54, 1.807) is 24.4 Å². The van der Waals surface area contributed by atoms with Crippen LogP contribution < -0.4 is 10.6 Å². The summed E-state index contributed by atoms with van der Waals surface area (Å²) in [5.74, 6) is 0.560. The minimum Gasteiger partial charge on any atom is -0.349 e. The minimum absolute atomic E-state index is 0.271. The van der Waals surface area contributed by atoms with Crippen molar-refractivity contribution in [2.75, 3.05) is 10.6 Å². The van der Waals surface area contributed by atoms with Gasteiger partial charge in [0, 0.05) is 23.7 Å². The van der Waals surface area contributed by atoms with Gasteiger partial charge in [0.25, 0.3) is 0 Å². The van der Waals surface area contributed by atoms with Crippen LogP contribution in [0.5, 0.6) is 0 Å². The summed E-state index contributed by atoms with van der Waals surface area (Å²) >= 11 is 0. The second-order valence-corrected chi connectivity index (χ2v) is 5.62. The molecule has 0 aliphatic rings. The van der Waals surface area contributed by atoms with Crippen LogP contribution in [0.2, 0.25) is 0 Å². The molecule has 26 heavy (non-hydrogen) atoms. The van der Waals surface area contributed by atoms with E-state index in [4.69, 9.17) is 0 Å². The Morgan fingerprint density at radius 2 is 1.85 bits per heavy atom. The quantitative estimate of drug-likeness (QED) is 0.570. The maximum atomic E-state index is 13.7. The fourth-order valence-electron chi connectivity index (χ4n) is 2.60. The number of fused-ring (bicyclic) bond motifs is 1. The van der Waals surface area contributed by atoms with E-state index in [0.717, 1.165) is 16.6 Å². The number of nitrogens with zero attached hydrogens (tertiary/aromatic N) is 4. The molecular weight excluding hydrogens is 331 g/mol. The van der Waals surface area contributed by atoms with E-state index in [9.17, 15) is 4.39 Å². The molecule has 2 N–H and O–H groups in total. The monoisotopic (exact) mass is 346 g/mol. The Hall–Kier alpha value is -3.61. The summed E-state index contributed by atoms with van der Waals surface area (Å²) in [6.07, 6.45) is 3.27. The van der Waals surface area contributed by atoms with Gasteiger partial charge in [0.15, 0.2) is 5.82 Å². The lowest BCUT2D eigenvalue weighted by Crippen LogP contribution is -2.07. The molecule has 0 unspecified atom stereocenters. The molecule has 7 heteroatoms. The zero-order chi connectivity index (χ0) is 17.8. The number of hydrogen-bond acceptors (Lipinski definition) is 6. The molecular formula is C19H15FN6. The molecule has 2 aromatic heterocycles. The molecule has 4 rings (SSSR count). The van der Waals surface area contributed by atoms with Gasteiger partial charge < -0.3 is 10.6 Å². The third kappa shape index (κ3) is 3.41. The molecule has 0 saturated heterocycles. The van der Waals surface area contributed by atoms with Crippen molar-refractivity contribution in [3.63, 3.8) is 0 Å². The lowest BCUT2D eigenvalue weighted by Gasteiger charge is -2.09. The van der Waals surface area contributed by atoms with Crippen LogP contribution in [0.1, 0.15) is 5.56 Å². The summed E-state index contributed by atoms with van der Waals surface area (Å²) in [6.45, 7) is 0.271. The van der Waals surface area contributed by atoms with Crippen molar-refractivity contribution < 1.29 is 4.39 Å². The van der Waals surface area contributed by atoms with Crippen LogP contribution in [0.3, 0.4) is 0 Å². The number of rotatable bonds is 5. The number of para-hydroxylation sites is 1. The molecule has 128 valence electrons. The predicted octanol–water partition coefficient (Wildman–Crippen LogP) is 3.91. The Labute approximate surface area is 149 Å². The zero-order valence-electron chi connectivity index (χ0n) is 13.7. The first-order valence-electron chi connectivity index (χ1n) is 8.07. The molecule has 0 atom stereocenters. The normalized spacial score (nSPS) is 10.7. The third-order valence-corrected chi connectivity index (χ3v) is 3.85. The largest absolute Gasteiger partial charge is 0.349 e. The molecule has 2 heterocycles. The molecule has 0 saturated carbocycles. The van der Waals surface area contributed by atoms with Gasteiger partial charge in [-0.1, -0.05) is 36.4 Å². The van der Waals surface area contributed by atoms with Crippen LogP contribution >= 0.6 is 0 Å². The molecule has 0 spiro atoms. The number of nitrogens with one attached hydrogen (secondary N) is 2. The SMILES string of the molecule is Fc1ccccc1CNc1nncc(Nc2cccc3cccnc23)n1. The Bertz CT molecular complexity index is 1050. The van der Waals surface area contributed by atoms with Crippen molar-refractivity contribution >= 4 is 28.4 Å². The average Bonchev–Trinajstić information content (AvgIpc) is 2.68. The van der Waals surface area contributed by atoms with Gasteiger partial charge in [-0.25, -0.2) is 4.39 Å². The number of aromatic nitrogens is 4. The van der Waals surface area contributed by atoms with Crippen LogP contribution in [0.4, 0.5) is 21.8 Å². The average molecular weight is 346 g/mol. The van der Waals surface area contributed by atoms with E-state index in [0.29, 0.717) is 17.3 Å². The first kappa shape index (κ1) is 15.9. The Morgan fingerprint density at radius 3 is 2.77 bits per heavy atom. The molecule has 4 aromatic rings. The van der Waals surface area contributed by atoms with Crippen LogP contribution in [-0.2, 0) is 6.54 Å². The summed E-state index contributed by atoms with van der Waals surface area (Å²) in [7, 11) is 0. The number of anilines is 3. The van der Waals surface area contributed by atoms with Gasteiger partial charge in [-0.3, -0.25) is 4.98 Å². The topological polar surface area (TPSA) is 75.6 Å². The van der Waals surface area contributed by atoms with Crippen LogP contribution in [0, 0.1) is 5.82 Å². The van der Waals surface area contributed by atoms with Gasteiger partial charge in [0.2, 0.25) is 5.95 Å². The van der Waals surface area contributed by atoms with E-state index >= 15 is 0 Å². The second kappa shape index (κ2) is 7.10. The number of benzene rings is 2. The van der Waals surface area contributed by atoms with Crippen molar-refractivity contribution in [3.05, 3.63) is 78.4 Å². The summed E-state index contributed by atoms with van der Waals surface area (Å²) < 4.78 is 13.7. The molecule has 0 bridgehead atoms. The van der Waals surface area contributed by atoms with Crippen LogP contribution in [0.15, 0.2) is 67.0 Å². The highest BCUT2D eigenvalue weighted by Gasteiger charge is 2.06. The summed E-state index contributed by atoms with van der Waals surface area (Å²) in [5, 5.41) is 15.1. The zero-order valence-corrected chi connectivity index (χ0v) is 13.7. The van der Waals surface area contributed by atoms with Crippen molar-refractivity contribution in [2.45, 2.75) is 6.54 Å². The third-order valence-electron chi connectivity index (χ3n) is 3.85. The van der Waals surface area contributed by atoms with Crippen molar-refractivity contribution in [1.82, 2.24) is 20.2 Å². The smallest absolute Gasteiger partial charge is 0.244 e. The van der Waals surface area contributed by atoms with Crippen molar-refractivity contribution in [1.29, 1.82) is 0 Å². The molecule has 0 amide bonds. The van der Waals surface area contributed by atoms with E-state index in [1.165, 1.54) is 12.3 Å². The minimum atomic E-state index is -0.274. The summed E-state index contributed by atoms with van der Waals surface area (Å²) in [5.41, 5.74) is 2.20. The predicted molar refractivity (Wildman–Crippen MR) is 98.6 cm³/mol. The molecule has 6 nitrogen and oxygen atoms in total. The highest BCUT2D eigenvalue weighted by atomic mass is 19.1. The summed E-state index contributed by atoms with van der Waals surface area (Å²) in [4.78, 5) is 8.78. The van der Waals surface area contributed by atoms with E-state index in [-0.39, 0.29) is 12.4 Å². The highest BCUT2D eigenvalue weighted by Crippen LogP contribution is 2.23. The van der Waals surface area contributed by atoms with Gasteiger partial charge in [-0.2, -0.15) is 10.1 Å². The Balaban J connectivity index is 1.53. The number of hydrogen-bond donors (Lipinski definition) is 2. The van der Waals surface area contributed by atoms with Gasteiger partial charge >= 0.3 is 0 Å². The molecule has 0 aliphatic heterocycles. The van der Waals surface area contributed by atoms with E-state index < -0.39 is 0 Å². The molecule has 0 fully saturated rings. The van der Waals surface area contributed by atoms with Gasteiger partial charge in [-0.15, -0.1) is 5.10 Å². The lowest BCUT2D eigenvalue weighted by molar-refractivity contribution is 0.612. The maximum Gasteiger partial charge on any atom is 0.244 e. The first-order chi connectivity index (χ1) is 12.8. The fourth-order valence-corrected chi connectivity index (χ4v) is 2.60. The Kier molecular flexibility index (Phi) is 4.34. The van der Waals surface area contributed by atoms with Crippen LogP contribution in [0.25, 0.3) is 10.9 Å². The highest BCUT2D eigenvalue weighted by molar-refractivity contribution is 5.91. The van der Waals surface area contributed by atoms with Crippen LogP contribution in [-0.4, -0.2) is 20.2 Å². The molecule has 0 aliphatic carbocycles. The van der Waals surface area contributed by atoms with Crippen molar-refractivity contribution in [3.8, 4) is 0 Å². The number of pyridine rings is 1. The van der Waals surface area contributed by atoms with Crippen molar-refractivity contribution in [2.24, 2.45) is 0 Å². The molecule has 2 aromatic carbocycles. The van der Waals surface area contributed by atoms with E-state index in [1.807, 2.05) is 30.3 Å². The first-order valence-corrected chi connectivity index (χ1v) is 8.07. The van der Waals surface area contributed by atoms with Gasteiger partial charge in [0.05, 0.1) is 17.4 Å². The van der Waals surface area contributed by atoms with Gasteiger partial charge in [0.1, 0.15) is 5.82 Å². The fraction of sp³-hybridized carbons (Fsp3) is 0.0526. The lowest BCUT2D eigenvalue weighted by atomic mass is 10.2. The van der Waals surface area contributed by atoms with E-state index in [2.05, 4.69) is 30.8 Å². The second-order valence-electron chi connectivity index (χ2n) is 5.62. The molecule has 0 radical (unpaired) electrons. The summed E-state index contributed by atoms with van der Waals surface area (Å²) in [6, 6.07) is 16.3.